The number of nitrogens with one attached hydrogen (secondary N) is 1. The molecule has 0 aliphatic rings. The third-order valence-corrected chi connectivity index (χ3v) is 3.48. The van der Waals surface area contributed by atoms with Crippen LogP contribution in [0.25, 0.3) is 0 Å². The molecule has 94 valence electrons. The van der Waals surface area contributed by atoms with Crippen molar-refractivity contribution < 1.29 is 4.79 Å². The van der Waals surface area contributed by atoms with E-state index < -0.39 is 0 Å². The van der Waals surface area contributed by atoms with E-state index in [9.17, 15) is 4.79 Å². The molecule has 0 aliphatic carbocycles. The third-order valence-electron chi connectivity index (χ3n) is 2.66. The Kier molecular flexibility index (Phi) is 3.62. The van der Waals surface area contributed by atoms with Gasteiger partial charge in [-0.3, -0.25) is 4.79 Å². The fourth-order valence-corrected chi connectivity index (χ4v) is 2.27. The second kappa shape index (κ2) is 5.18. The van der Waals surface area contributed by atoms with Gasteiger partial charge >= 0.3 is 0 Å². The number of hydrogen-bond acceptors (Lipinski definition) is 4. The van der Waals surface area contributed by atoms with Crippen LogP contribution < -0.4 is 11.1 Å². The largest absolute Gasteiger partial charge is 0.399 e. The van der Waals surface area contributed by atoms with Crippen molar-refractivity contribution in [1.29, 1.82) is 0 Å². The molecule has 5 heteroatoms. The monoisotopic (exact) mass is 261 g/mol. The van der Waals surface area contributed by atoms with Crippen LogP contribution in [0.3, 0.4) is 0 Å². The van der Waals surface area contributed by atoms with Gasteiger partial charge in [-0.15, -0.1) is 11.3 Å². The molecule has 0 radical (unpaired) electrons. The number of benzene rings is 1. The molecule has 3 N–H and O–H groups in total. The Hall–Kier alpha value is -1.88. The second-order valence-corrected chi connectivity index (χ2v) is 5.39. The summed E-state index contributed by atoms with van der Waals surface area (Å²) in [7, 11) is 0. The van der Waals surface area contributed by atoms with Crippen LogP contribution in [-0.2, 0) is 4.79 Å². The molecule has 1 unspecified atom stereocenters. The highest BCUT2D eigenvalue weighted by atomic mass is 32.1. The maximum Gasteiger partial charge on any atom is 0.233 e. The highest BCUT2D eigenvalue weighted by Gasteiger charge is 2.16. The number of aryl methyl sites for hydroxylation is 1. The standard InChI is InChI=1S/C13H15N3OS/c1-8-7-15-13(18-8)16-12(17)9(2)10-4-3-5-11(14)6-10/h3-7,9H,14H2,1-2H3,(H,15,16,17). The Morgan fingerprint density at radius 1 is 1.50 bits per heavy atom. The van der Waals surface area contributed by atoms with Crippen molar-refractivity contribution in [3.8, 4) is 0 Å². The van der Waals surface area contributed by atoms with Crippen molar-refractivity contribution in [3.05, 3.63) is 40.9 Å². The quantitative estimate of drug-likeness (QED) is 0.835. The maximum atomic E-state index is 12.0. The number of aromatic nitrogens is 1. The fraction of sp³-hybridized carbons (Fsp3) is 0.231. The zero-order valence-electron chi connectivity index (χ0n) is 10.3. The number of hydrogen-bond donors (Lipinski definition) is 2. The van der Waals surface area contributed by atoms with Crippen LogP contribution in [0.15, 0.2) is 30.5 Å². The van der Waals surface area contributed by atoms with Gasteiger partial charge in [-0.05, 0) is 31.5 Å². The minimum Gasteiger partial charge on any atom is -0.399 e. The first kappa shape index (κ1) is 12.6. The van der Waals surface area contributed by atoms with E-state index in [4.69, 9.17) is 5.73 Å². The predicted molar refractivity (Wildman–Crippen MR) is 74.8 cm³/mol. The number of carbonyl (C=O) groups is 1. The summed E-state index contributed by atoms with van der Waals surface area (Å²) in [4.78, 5) is 17.2. The van der Waals surface area contributed by atoms with E-state index in [1.54, 1.807) is 12.3 Å². The molecular weight excluding hydrogens is 246 g/mol. The van der Waals surface area contributed by atoms with Crippen LogP contribution in [0, 0.1) is 6.92 Å². The zero-order valence-corrected chi connectivity index (χ0v) is 11.1. The summed E-state index contributed by atoms with van der Waals surface area (Å²) in [6, 6.07) is 7.37. The minimum atomic E-state index is -0.252. The Balaban J connectivity index is 2.09. The number of carbonyl (C=O) groups excluding carboxylic acids is 1. The van der Waals surface area contributed by atoms with Crippen molar-refractivity contribution >= 4 is 28.1 Å². The number of amides is 1. The average molecular weight is 261 g/mol. The van der Waals surface area contributed by atoms with Gasteiger partial charge < -0.3 is 11.1 Å². The lowest BCUT2D eigenvalue weighted by atomic mass is 10.00. The van der Waals surface area contributed by atoms with E-state index in [0.29, 0.717) is 10.8 Å². The maximum absolute atomic E-state index is 12.0. The SMILES string of the molecule is Cc1cnc(NC(=O)C(C)c2cccc(N)c2)s1. The van der Waals surface area contributed by atoms with E-state index in [0.717, 1.165) is 10.4 Å². The lowest BCUT2D eigenvalue weighted by Gasteiger charge is -2.11. The number of thiazole rings is 1. The van der Waals surface area contributed by atoms with Crippen LogP contribution in [0.5, 0.6) is 0 Å². The highest BCUT2D eigenvalue weighted by molar-refractivity contribution is 7.15. The number of anilines is 2. The van der Waals surface area contributed by atoms with Gasteiger partial charge in [-0.25, -0.2) is 4.98 Å². The molecule has 1 atom stereocenters. The number of nitrogens with two attached hydrogens (primary N) is 1. The van der Waals surface area contributed by atoms with Gasteiger partial charge in [0.1, 0.15) is 0 Å². The molecule has 2 rings (SSSR count). The first-order valence-electron chi connectivity index (χ1n) is 5.65. The Labute approximate surface area is 110 Å². The van der Waals surface area contributed by atoms with Gasteiger partial charge in [0.2, 0.25) is 5.91 Å². The van der Waals surface area contributed by atoms with Crippen molar-refractivity contribution in [2.24, 2.45) is 0 Å². The zero-order chi connectivity index (χ0) is 13.1. The van der Waals surface area contributed by atoms with Gasteiger partial charge in [0.15, 0.2) is 5.13 Å². The molecule has 0 saturated heterocycles. The Morgan fingerprint density at radius 3 is 2.89 bits per heavy atom. The molecule has 0 saturated carbocycles. The van der Waals surface area contributed by atoms with Crippen LogP contribution in [0.1, 0.15) is 23.3 Å². The summed E-state index contributed by atoms with van der Waals surface area (Å²) in [5.41, 5.74) is 7.28. The van der Waals surface area contributed by atoms with E-state index in [-0.39, 0.29) is 11.8 Å². The topological polar surface area (TPSA) is 68.0 Å². The summed E-state index contributed by atoms with van der Waals surface area (Å²) in [6.07, 6.45) is 1.74. The summed E-state index contributed by atoms with van der Waals surface area (Å²) < 4.78 is 0. The average Bonchev–Trinajstić information content (AvgIpc) is 2.73. The smallest absolute Gasteiger partial charge is 0.233 e. The number of nitrogens with zero attached hydrogens (tertiary/aromatic N) is 1. The molecule has 1 aromatic heterocycles. The van der Waals surface area contributed by atoms with Gasteiger partial charge in [0, 0.05) is 16.8 Å². The van der Waals surface area contributed by atoms with Crippen LogP contribution in [-0.4, -0.2) is 10.9 Å². The van der Waals surface area contributed by atoms with E-state index in [1.165, 1.54) is 11.3 Å². The van der Waals surface area contributed by atoms with Gasteiger partial charge in [-0.1, -0.05) is 12.1 Å². The molecule has 1 aromatic carbocycles. The lowest BCUT2D eigenvalue weighted by Crippen LogP contribution is -2.18. The minimum absolute atomic E-state index is 0.0741. The molecule has 0 fully saturated rings. The fourth-order valence-electron chi connectivity index (χ4n) is 1.61. The van der Waals surface area contributed by atoms with Gasteiger partial charge in [-0.2, -0.15) is 0 Å². The molecule has 4 nitrogen and oxygen atoms in total. The van der Waals surface area contributed by atoms with Crippen molar-refractivity contribution in [2.45, 2.75) is 19.8 Å². The Morgan fingerprint density at radius 2 is 2.28 bits per heavy atom. The second-order valence-electron chi connectivity index (χ2n) is 4.16. The molecule has 2 aromatic rings. The normalized spacial score (nSPS) is 12.1. The van der Waals surface area contributed by atoms with Crippen molar-refractivity contribution in [3.63, 3.8) is 0 Å². The van der Waals surface area contributed by atoms with Crippen LogP contribution >= 0.6 is 11.3 Å². The molecule has 0 spiro atoms. The number of rotatable bonds is 3. The molecule has 0 aliphatic heterocycles. The summed E-state index contributed by atoms with van der Waals surface area (Å²) in [6.45, 7) is 3.80. The van der Waals surface area contributed by atoms with Crippen LogP contribution in [0.4, 0.5) is 10.8 Å². The summed E-state index contributed by atoms with van der Waals surface area (Å²) in [5, 5.41) is 3.44. The van der Waals surface area contributed by atoms with E-state index in [2.05, 4.69) is 10.3 Å². The Bertz CT molecular complexity index is 565. The number of nitrogen functional groups attached to an aromatic ring is 1. The molecule has 1 heterocycles. The molecule has 18 heavy (non-hydrogen) atoms. The van der Waals surface area contributed by atoms with E-state index in [1.807, 2.05) is 32.0 Å². The molecule has 0 bridgehead atoms. The molecular formula is C13H15N3OS. The predicted octanol–water partition coefficient (Wildman–Crippen LogP) is 2.78. The lowest BCUT2D eigenvalue weighted by molar-refractivity contribution is -0.117. The van der Waals surface area contributed by atoms with Crippen molar-refractivity contribution in [2.75, 3.05) is 11.1 Å². The van der Waals surface area contributed by atoms with Gasteiger partial charge in [0.25, 0.3) is 0 Å². The van der Waals surface area contributed by atoms with E-state index >= 15 is 0 Å². The summed E-state index contributed by atoms with van der Waals surface area (Å²) >= 11 is 1.46. The highest BCUT2D eigenvalue weighted by Crippen LogP contribution is 2.22. The first-order chi connectivity index (χ1) is 8.56. The molecule has 1 amide bonds. The summed E-state index contributed by atoms with van der Waals surface area (Å²) in [5.74, 6) is -0.326. The van der Waals surface area contributed by atoms with Gasteiger partial charge in [0.05, 0.1) is 5.92 Å². The van der Waals surface area contributed by atoms with Crippen LogP contribution in [0.2, 0.25) is 0 Å². The first-order valence-corrected chi connectivity index (χ1v) is 6.46. The van der Waals surface area contributed by atoms with Crippen molar-refractivity contribution in [1.82, 2.24) is 4.98 Å². The third kappa shape index (κ3) is 2.87.